The van der Waals surface area contributed by atoms with Crippen molar-refractivity contribution in [1.82, 2.24) is 10.6 Å². The third kappa shape index (κ3) is 10.9. The van der Waals surface area contributed by atoms with E-state index in [-0.39, 0.29) is 67.9 Å². The number of carbonyl (C=O) groups excluding carboxylic acids is 4. The highest BCUT2D eigenvalue weighted by atomic mass is 33.1. The maximum atomic E-state index is 13.4. The summed E-state index contributed by atoms with van der Waals surface area (Å²) in [6, 6.07) is -0.423. The molecule has 11 heteroatoms. The van der Waals surface area contributed by atoms with Crippen LogP contribution in [0.3, 0.4) is 0 Å². The number of ketones is 4. The third-order valence-corrected chi connectivity index (χ3v) is 9.82. The first-order chi connectivity index (χ1) is 16.9. The Kier molecular flexibility index (Phi) is 15.6. The summed E-state index contributed by atoms with van der Waals surface area (Å²) in [5, 5.41) is 34.8. The molecule has 1 fully saturated rings. The predicted molar refractivity (Wildman–Crippen MR) is 144 cm³/mol. The van der Waals surface area contributed by atoms with Crippen LogP contribution in [0.25, 0.3) is 0 Å². The molecule has 2 unspecified atom stereocenters. The van der Waals surface area contributed by atoms with E-state index in [1.54, 1.807) is 27.8 Å². The Labute approximate surface area is 222 Å². The molecule has 1 aliphatic heterocycles. The van der Waals surface area contributed by atoms with Crippen LogP contribution in [0.15, 0.2) is 0 Å². The Bertz CT molecular complexity index is 735. The van der Waals surface area contributed by atoms with Crippen molar-refractivity contribution in [1.29, 1.82) is 0 Å². The van der Waals surface area contributed by atoms with Crippen LogP contribution in [0, 0.1) is 17.8 Å². The fraction of sp³-hybridized carbons (Fsp3) is 0.840. The van der Waals surface area contributed by atoms with Gasteiger partial charge in [0.1, 0.15) is 23.5 Å². The van der Waals surface area contributed by atoms with Crippen LogP contribution in [0.4, 0.5) is 0 Å². The SMILES string of the molecule is CNCC[C@H](NCC(=O)CC[C@H]1CC(C(=O)[C@@H](O)C(C)C)SSC(C[C@H](CO)[C@@H](C)O)C1=O)C(C)=O. The van der Waals surface area contributed by atoms with Crippen LogP contribution >= 0.6 is 21.6 Å². The van der Waals surface area contributed by atoms with Crippen LogP contribution in [0.5, 0.6) is 0 Å². The van der Waals surface area contributed by atoms with Crippen LogP contribution in [0.2, 0.25) is 0 Å². The molecule has 1 rings (SSSR count). The molecule has 0 aromatic rings. The van der Waals surface area contributed by atoms with E-state index in [9.17, 15) is 34.5 Å². The van der Waals surface area contributed by atoms with Crippen molar-refractivity contribution in [3.63, 3.8) is 0 Å². The average Bonchev–Trinajstić information content (AvgIpc) is 2.98. The van der Waals surface area contributed by atoms with E-state index in [2.05, 4.69) is 10.6 Å². The number of aliphatic hydroxyl groups excluding tert-OH is 3. The number of hydrogen-bond donors (Lipinski definition) is 5. The summed E-state index contributed by atoms with van der Waals surface area (Å²) < 4.78 is 0. The number of rotatable bonds is 17. The third-order valence-electron chi connectivity index (χ3n) is 6.67. The molecule has 0 aromatic carbocycles. The topological polar surface area (TPSA) is 153 Å². The molecule has 208 valence electrons. The first kappa shape index (κ1) is 33.2. The highest BCUT2D eigenvalue weighted by Crippen LogP contribution is 2.44. The molecule has 0 aliphatic carbocycles. The molecule has 1 aliphatic rings. The summed E-state index contributed by atoms with van der Waals surface area (Å²) in [6.45, 7) is 6.96. The quantitative estimate of drug-likeness (QED) is 0.166. The van der Waals surface area contributed by atoms with E-state index in [0.29, 0.717) is 13.0 Å². The van der Waals surface area contributed by atoms with E-state index in [0.717, 1.165) is 0 Å². The molecule has 9 nitrogen and oxygen atoms in total. The van der Waals surface area contributed by atoms with Crippen LogP contribution in [-0.4, -0.2) is 93.9 Å². The summed E-state index contributed by atoms with van der Waals surface area (Å²) in [6.07, 6.45) is -0.491. The van der Waals surface area contributed by atoms with E-state index >= 15 is 0 Å². The minimum atomic E-state index is -1.13. The van der Waals surface area contributed by atoms with Gasteiger partial charge in [-0.3, -0.25) is 19.2 Å². The van der Waals surface area contributed by atoms with Gasteiger partial charge in [-0.15, -0.1) is 0 Å². The maximum Gasteiger partial charge on any atom is 0.175 e. The first-order valence-corrected chi connectivity index (χ1v) is 15.0. The van der Waals surface area contributed by atoms with Gasteiger partial charge in [-0.05, 0) is 59.0 Å². The van der Waals surface area contributed by atoms with E-state index < -0.39 is 40.6 Å². The molecule has 0 aromatic heterocycles. The van der Waals surface area contributed by atoms with Gasteiger partial charge in [-0.25, -0.2) is 0 Å². The fourth-order valence-electron chi connectivity index (χ4n) is 4.05. The van der Waals surface area contributed by atoms with Gasteiger partial charge in [0.05, 0.1) is 29.2 Å². The zero-order valence-corrected chi connectivity index (χ0v) is 23.7. The lowest BCUT2D eigenvalue weighted by atomic mass is 9.85. The monoisotopic (exact) mass is 548 g/mol. The van der Waals surface area contributed by atoms with Crippen molar-refractivity contribution in [3.8, 4) is 0 Å². The Morgan fingerprint density at radius 3 is 2.33 bits per heavy atom. The summed E-state index contributed by atoms with van der Waals surface area (Å²) in [5.74, 6) is -1.88. The van der Waals surface area contributed by atoms with Crippen molar-refractivity contribution in [2.75, 3.05) is 26.7 Å². The second-order valence-electron chi connectivity index (χ2n) is 10.0. The second-order valence-corrected chi connectivity index (χ2v) is 12.7. The maximum absolute atomic E-state index is 13.4. The molecule has 0 radical (unpaired) electrons. The molecule has 0 saturated carbocycles. The lowest BCUT2D eigenvalue weighted by Gasteiger charge is -2.23. The molecular weight excluding hydrogens is 504 g/mol. The summed E-state index contributed by atoms with van der Waals surface area (Å²) in [5.41, 5.74) is 0. The van der Waals surface area contributed by atoms with Gasteiger partial charge < -0.3 is 26.0 Å². The smallest absolute Gasteiger partial charge is 0.175 e. The van der Waals surface area contributed by atoms with Gasteiger partial charge in [-0.1, -0.05) is 35.4 Å². The highest BCUT2D eigenvalue weighted by Gasteiger charge is 2.40. The average molecular weight is 549 g/mol. The standard InChI is InChI=1S/C25H44N2O7S2/c1-14(2)23(32)25(34)22-10-17(24(33)21(35-36-22)11-18(13-28)15(3)29)6-7-19(31)12-27-20(16(4)30)8-9-26-5/h14-15,17-18,20-23,26-29,32H,6-13H2,1-5H3/t15-,17+,18-,20+,21?,22?,23+/m1/s1. The Morgan fingerprint density at radius 2 is 1.81 bits per heavy atom. The van der Waals surface area contributed by atoms with Gasteiger partial charge in [0.15, 0.2) is 5.78 Å². The van der Waals surface area contributed by atoms with Crippen LogP contribution < -0.4 is 10.6 Å². The zero-order valence-electron chi connectivity index (χ0n) is 22.1. The minimum Gasteiger partial charge on any atom is -0.396 e. The first-order valence-electron chi connectivity index (χ1n) is 12.7. The van der Waals surface area contributed by atoms with E-state index in [4.69, 9.17) is 0 Å². The van der Waals surface area contributed by atoms with Gasteiger partial charge in [0.25, 0.3) is 0 Å². The molecular formula is C25H44N2O7S2. The molecule has 0 amide bonds. The Hall–Kier alpha value is -0.820. The number of carbonyl (C=O) groups is 4. The molecule has 0 bridgehead atoms. The van der Waals surface area contributed by atoms with Crippen molar-refractivity contribution in [3.05, 3.63) is 0 Å². The summed E-state index contributed by atoms with van der Waals surface area (Å²) in [4.78, 5) is 50.8. The molecule has 0 spiro atoms. The Balaban J connectivity index is 2.92. The number of aliphatic hydroxyl groups is 3. The Morgan fingerprint density at radius 1 is 1.14 bits per heavy atom. The minimum absolute atomic E-state index is 0.0187. The number of hydrogen-bond acceptors (Lipinski definition) is 11. The van der Waals surface area contributed by atoms with E-state index in [1.165, 1.54) is 28.5 Å². The zero-order chi connectivity index (χ0) is 27.4. The van der Waals surface area contributed by atoms with Gasteiger partial charge >= 0.3 is 0 Å². The second kappa shape index (κ2) is 16.9. The molecule has 1 saturated heterocycles. The predicted octanol–water partition coefficient (Wildman–Crippen LogP) is 1.17. The van der Waals surface area contributed by atoms with Gasteiger partial charge in [0.2, 0.25) is 0 Å². The lowest BCUT2D eigenvalue weighted by molar-refractivity contribution is -0.129. The normalized spacial score (nSPS) is 24.1. The van der Waals surface area contributed by atoms with Crippen molar-refractivity contribution < 1.29 is 34.5 Å². The van der Waals surface area contributed by atoms with Crippen molar-refractivity contribution in [2.45, 2.75) is 88.5 Å². The largest absolute Gasteiger partial charge is 0.396 e. The van der Waals surface area contributed by atoms with Gasteiger partial charge in [-0.2, -0.15) is 0 Å². The van der Waals surface area contributed by atoms with Gasteiger partial charge in [0, 0.05) is 24.9 Å². The summed E-state index contributed by atoms with van der Waals surface area (Å²) in [7, 11) is 4.30. The molecule has 36 heavy (non-hydrogen) atoms. The van der Waals surface area contributed by atoms with Crippen LogP contribution in [-0.2, 0) is 19.2 Å². The summed E-state index contributed by atoms with van der Waals surface area (Å²) >= 11 is 0. The molecule has 1 heterocycles. The molecule has 7 atom stereocenters. The van der Waals surface area contributed by atoms with Crippen molar-refractivity contribution >= 4 is 44.7 Å². The lowest BCUT2D eigenvalue weighted by Crippen LogP contribution is -2.40. The number of nitrogens with one attached hydrogen (secondary N) is 2. The van der Waals surface area contributed by atoms with Crippen LogP contribution in [0.1, 0.15) is 59.8 Å². The van der Waals surface area contributed by atoms with Crippen molar-refractivity contribution in [2.24, 2.45) is 17.8 Å². The highest BCUT2D eigenvalue weighted by molar-refractivity contribution is 8.77. The van der Waals surface area contributed by atoms with E-state index in [1.807, 2.05) is 0 Å². The fourth-order valence-corrected chi connectivity index (χ4v) is 7.33. The molecule has 5 N–H and O–H groups in total. The number of Topliss-reactive ketones (excluding diaryl/α,β-unsaturated/α-hetero) is 4.